The third-order valence-corrected chi connectivity index (χ3v) is 7.50. The molecule has 0 radical (unpaired) electrons. The fraction of sp³-hybridized carbons (Fsp3) is 0.240. The Morgan fingerprint density at radius 1 is 1.03 bits per heavy atom. The predicted octanol–water partition coefficient (Wildman–Crippen LogP) is 3.88. The van der Waals surface area contributed by atoms with E-state index in [1.54, 1.807) is 23.1 Å². The highest BCUT2D eigenvalue weighted by Gasteiger charge is 2.25. The zero-order valence-corrected chi connectivity index (χ0v) is 20.1. The third kappa shape index (κ3) is 6.15. The van der Waals surface area contributed by atoms with Crippen LogP contribution in [-0.4, -0.2) is 56.8 Å². The molecule has 2 aromatic carbocycles. The van der Waals surface area contributed by atoms with Crippen LogP contribution in [0.2, 0.25) is 5.02 Å². The van der Waals surface area contributed by atoms with Crippen LogP contribution in [0.3, 0.4) is 0 Å². The molecule has 34 heavy (non-hydrogen) atoms. The zero-order chi connectivity index (χ0) is 24.0. The van der Waals surface area contributed by atoms with E-state index in [2.05, 4.69) is 33.9 Å². The largest absolute Gasteiger partial charge is 0.468 e. The minimum Gasteiger partial charge on any atom is -0.468 e. The highest BCUT2D eigenvalue weighted by Crippen LogP contribution is 2.24. The van der Waals surface area contributed by atoms with Crippen LogP contribution in [0.15, 0.2) is 82.3 Å². The van der Waals surface area contributed by atoms with Crippen LogP contribution in [0, 0.1) is 0 Å². The predicted molar refractivity (Wildman–Crippen MR) is 132 cm³/mol. The maximum Gasteiger partial charge on any atom is 0.253 e. The molecule has 3 aromatic rings. The van der Waals surface area contributed by atoms with Gasteiger partial charge in [-0.1, -0.05) is 54.1 Å². The Morgan fingerprint density at radius 2 is 1.79 bits per heavy atom. The first-order valence-electron chi connectivity index (χ1n) is 11.0. The summed E-state index contributed by atoms with van der Waals surface area (Å²) >= 11 is 6.16. The van der Waals surface area contributed by atoms with Gasteiger partial charge >= 0.3 is 0 Å². The smallest absolute Gasteiger partial charge is 0.253 e. The molecule has 1 saturated heterocycles. The maximum absolute atomic E-state index is 13.1. The first-order chi connectivity index (χ1) is 16.4. The Morgan fingerprint density at radius 3 is 2.50 bits per heavy atom. The van der Waals surface area contributed by atoms with Crippen molar-refractivity contribution in [3.63, 3.8) is 0 Å². The first kappa shape index (κ1) is 24.2. The van der Waals surface area contributed by atoms with Crippen molar-refractivity contribution < 1.29 is 17.6 Å². The minimum atomic E-state index is -3.92. The SMILES string of the molecule is O=C(c1ccc(Cl)c(S(=O)(=O)NCc2ccco2)c1)N1CCN(CC=Cc2ccccc2)CC1. The summed E-state index contributed by atoms with van der Waals surface area (Å²) in [6.07, 6.45) is 5.68. The summed E-state index contributed by atoms with van der Waals surface area (Å²) in [7, 11) is -3.92. The molecule has 4 rings (SSSR count). The molecule has 1 aromatic heterocycles. The molecule has 0 spiro atoms. The van der Waals surface area contributed by atoms with Gasteiger partial charge in [-0.2, -0.15) is 0 Å². The average molecular weight is 500 g/mol. The molecule has 1 amide bonds. The minimum absolute atomic E-state index is 0.00941. The fourth-order valence-electron chi connectivity index (χ4n) is 3.72. The number of furan rings is 1. The molecule has 178 valence electrons. The van der Waals surface area contributed by atoms with Gasteiger partial charge in [-0.15, -0.1) is 0 Å². The van der Waals surface area contributed by atoms with E-state index in [0.717, 1.165) is 25.2 Å². The highest BCUT2D eigenvalue weighted by molar-refractivity contribution is 7.89. The fourth-order valence-corrected chi connectivity index (χ4v) is 5.23. The maximum atomic E-state index is 13.1. The van der Waals surface area contributed by atoms with Crippen molar-refractivity contribution >= 4 is 33.6 Å². The lowest BCUT2D eigenvalue weighted by molar-refractivity contribution is 0.0650. The Balaban J connectivity index is 1.35. The number of hydrogen-bond donors (Lipinski definition) is 1. The number of halogens is 1. The van der Waals surface area contributed by atoms with E-state index < -0.39 is 10.0 Å². The van der Waals surface area contributed by atoms with Crippen molar-refractivity contribution in [2.45, 2.75) is 11.4 Å². The normalized spacial score (nSPS) is 15.1. The molecule has 0 bridgehead atoms. The van der Waals surface area contributed by atoms with E-state index in [4.69, 9.17) is 16.0 Å². The Labute approximate surface area is 204 Å². The van der Waals surface area contributed by atoms with E-state index in [9.17, 15) is 13.2 Å². The second-order valence-corrected chi connectivity index (χ2v) is 10.1. The van der Waals surface area contributed by atoms with Gasteiger partial charge in [0.25, 0.3) is 5.91 Å². The summed E-state index contributed by atoms with van der Waals surface area (Å²) < 4.78 is 33.2. The van der Waals surface area contributed by atoms with Gasteiger partial charge in [0.2, 0.25) is 10.0 Å². The number of benzene rings is 2. The van der Waals surface area contributed by atoms with E-state index in [-0.39, 0.29) is 22.4 Å². The molecule has 9 heteroatoms. The summed E-state index contributed by atoms with van der Waals surface area (Å²) in [5, 5.41) is 0.0542. The molecule has 1 aliphatic rings. The molecule has 0 aliphatic carbocycles. The standard InChI is InChI=1S/C25H26ClN3O4S/c26-23-11-10-21(18-24(23)34(31,32)27-19-22-9-5-17-33-22)25(30)29-15-13-28(14-16-29)12-4-8-20-6-2-1-3-7-20/h1-11,17-18,27H,12-16,19H2. The van der Waals surface area contributed by atoms with Crippen molar-refractivity contribution in [1.29, 1.82) is 0 Å². The first-order valence-corrected chi connectivity index (χ1v) is 12.8. The van der Waals surface area contributed by atoms with Crippen molar-refractivity contribution in [3.8, 4) is 0 Å². The zero-order valence-electron chi connectivity index (χ0n) is 18.6. The second-order valence-electron chi connectivity index (χ2n) is 7.95. The molecule has 2 heterocycles. The molecule has 1 fully saturated rings. The Bertz CT molecular complexity index is 1240. The number of piperazine rings is 1. The number of hydrogen-bond acceptors (Lipinski definition) is 5. The number of sulfonamides is 1. The number of amides is 1. The van der Waals surface area contributed by atoms with Crippen molar-refractivity contribution in [2.24, 2.45) is 0 Å². The Hall–Kier alpha value is -2.91. The van der Waals surface area contributed by atoms with Crippen molar-refractivity contribution in [1.82, 2.24) is 14.5 Å². The topological polar surface area (TPSA) is 82.9 Å². The second kappa shape index (κ2) is 11.0. The lowest BCUT2D eigenvalue weighted by Gasteiger charge is -2.34. The van der Waals surface area contributed by atoms with Gasteiger partial charge in [0.15, 0.2) is 0 Å². The number of carbonyl (C=O) groups excluding carboxylic acids is 1. The summed E-state index contributed by atoms with van der Waals surface area (Å²) in [6, 6.07) is 17.8. The summed E-state index contributed by atoms with van der Waals surface area (Å²) in [5.41, 5.74) is 1.45. The molecular formula is C25H26ClN3O4S. The van der Waals surface area contributed by atoms with Crippen LogP contribution >= 0.6 is 11.6 Å². The van der Waals surface area contributed by atoms with Gasteiger partial charge in [0.05, 0.1) is 17.8 Å². The van der Waals surface area contributed by atoms with Crippen molar-refractivity contribution in [3.05, 3.63) is 94.9 Å². The van der Waals surface area contributed by atoms with Gasteiger partial charge in [-0.25, -0.2) is 13.1 Å². The number of carbonyl (C=O) groups is 1. The molecule has 0 unspecified atom stereocenters. The van der Waals surface area contributed by atoms with Crippen LogP contribution in [-0.2, 0) is 16.6 Å². The van der Waals surface area contributed by atoms with Gasteiger partial charge < -0.3 is 9.32 Å². The lowest BCUT2D eigenvalue weighted by atomic mass is 10.1. The highest BCUT2D eigenvalue weighted by atomic mass is 35.5. The third-order valence-electron chi connectivity index (χ3n) is 5.62. The lowest BCUT2D eigenvalue weighted by Crippen LogP contribution is -2.48. The van der Waals surface area contributed by atoms with E-state index in [1.807, 2.05) is 18.2 Å². The van der Waals surface area contributed by atoms with Crippen molar-refractivity contribution in [2.75, 3.05) is 32.7 Å². The van der Waals surface area contributed by atoms with E-state index >= 15 is 0 Å². The Kier molecular flexibility index (Phi) is 7.84. The van der Waals surface area contributed by atoms with E-state index in [0.29, 0.717) is 24.4 Å². The van der Waals surface area contributed by atoms with E-state index in [1.165, 1.54) is 18.4 Å². The number of nitrogens with one attached hydrogen (secondary N) is 1. The van der Waals surface area contributed by atoms with Crippen LogP contribution in [0.4, 0.5) is 0 Å². The molecular weight excluding hydrogens is 474 g/mol. The van der Waals surface area contributed by atoms with Crippen LogP contribution in [0.1, 0.15) is 21.7 Å². The van der Waals surface area contributed by atoms with Gasteiger partial charge in [0.1, 0.15) is 10.7 Å². The summed E-state index contributed by atoms with van der Waals surface area (Å²) in [5.74, 6) is 0.266. The van der Waals surface area contributed by atoms with Crippen LogP contribution < -0.4 is 4.72 Å². The molecule has 1 N–H and O–H groups in total. The van der Waals surface area contributed by atoms with Crippen LogP contribution in [0.5, 0.6) is 0 Å². The molecule has 0 atom stereocenters. The number of rotatable bonds is 8. The molecule has 1 aliphatic heterocycles. The summed E-state index contributed by atoms with van der Waals surface area (Å²) in [6.45, 7) is 3.42. The molecule has 0 saturated carbocycles. The number of nitrogens with zero attached hydrogens (tertiary/aromatic N) is 2. The molecule has 7 nitrogen and oxygen atoms in total. The average Bonchev–Trinajstić information content (AvgIpc) is 3.38. The van der Waals surface area contributed by atoms with Gasteiger partial charge in [-0.05, 0) is 35.9 Å². The summed E-state index contributed by atoms with van der Waals surface area (Å²) in [4.78, 5) is 17.0. The van der Waals surface area contributed by atoms with Gasteiger partial charge in [0, 0.05) is 38.3 Å². The quantitative estimate of drug-likeness (QED) is 0.508. The van der Waals surface area contributed by atoms with Crippen LogP contribution in [0.25, 0.3) is 6.08 Å². The monoisotopic (exact) mass is 499 g/mol. The van der Waals surface area contributed by atoms with Gasteiger partial charge in [-0.3, -0.25) is 9.69 Å².